The molecule has 0 fully saturated rings. The van der Waals surface area contributed by atoms with Gasteiger partial charge in [0.2, 0.25) is 0 Å². The number of aliphatic carboxylic acids is 1. The molecule has 0 spiro atoms. The number of aldehydes is 1. The summed E-state index contributed by atoms with van der Waals surface area (Å²) in [6.45, 7) is 1.52. The molecule has 1 aromatic rings. The molecule has 0 aromatic carbocycles. The molecule has 1 unspecified atom stereocenters. The van der Waals surface area contributed by atoms with Crippen LogP contribution < -0.4 is 0 Å². The molecule has 0 aliphatic heterocycles. The predicted octanol–water partition coefficient (Wildman–Crippen LogP) is 0.946. The smallest absolute Gasteiger partial charge is 0.326 e. The summed E-state index contributed by atoms with van der Waals surface area (Å²) in [5, 5.41) is 8.64. The Bertz CT molecular complexity index is 303. The molecular weight excluding hydrogens is 158 g/mol. The van der Waals surface area contributed by atoms with Gasteiger partial charge in [0.25, 0.3) is 0 Å². The monoisotopic (exact) mass is 167 g/mol. The van der Waals surface area contributed by atoms with E-state index in [0.717, 1.165) is 0 Å². The van der Waals surface area contributed by atoms with Crippen LogP contribution in [0.5, 0.6) is 0 Å². The molecular formula is C8H9NO3. The van der Waals surface area contributed by atoms with Crippen LogP contribution in [0.2, 0.25) is 0 Å². The Hall–Kier alpha value is -1.58. The Morgan fingerprint density at radius 1 is 1.75 bits per heavy atom. The first-order valence-corrected chi connectivity index (χ1v) is 3.51. The second-order valence-electron chi connectivity index (χ2n) is 2.47. The first-order valence-electron chi connectivity index (χ1n) is 3.51. The van der Waals surface area contributed by atoms with E-state index in [9.17, 15) is 9.59 Å². The number of carbonyl (C=O) groups is 2. The average molecular weight is 167 g/mol. The van der Waals surface area contributed by atoms with Gasteiger partial charge in [-0.05, 0) is 19.1 Å². The van der Waals surface area contributed by atoms with E-state index in [1.807, 2.05) is 0 Å². The molecule has 0 saturated heterocycles. The number of rotatable bonds is 3. The van der Waals surface area contributed by atoms with Gasteiger partial charge in [-0.25, -0.2) is 4.79 Å². The Morgan fingerprint density at radius 3 is 2.92 bits per heavy atom. The SMILES string of the molecule is CC(C(=O)O)n1cccc1C=O. The van der Waals surface area contributed by atoms with Crippen LogP contribution in [0.1, 0.15) is 23.5 Å². The minimum Gasteiger partial charge on any atom is -0.480 e. The summed E-state index contributed by atoms with van der Waals surface area (Å²) in [4.78, 5) is 20.9. The minimum absolute atomic E-state index is 0.380. The Kier molecular flexibility index (Phi) is 2.28. The molecule has 4 nitrogen and oxygen atoms in total. The lowest BCUT2D eigenvalue weighted by molar-refractivity contribution is -0.140. The molecule has 1 heterocycles. The molecule has 1 aromatic heterocycles. The van der Waals surface area contributed by atoms with E-state index in [2.05, 4.69) is 0 Å². The van der Waals surface area contributed by atoms with Crippen LogP contribution in [0, 0.1) is 0 Å². The zero-order valence-corrected chi connectivity index (χ0v) is 6.60. The minimum atomic E-state index is -0.950. The third kappa shape index (κ3) is 1.37. The quantitative estimate of drug-likeness (QED) is 0.681. The van der Waals surface area contributed by atoms with Gasteiger partial charge in [-0.2, -0.15) is 0 Å². The van der Waals surface area contributed by atoms with E-state index >= 15 is 0 Å². The van der Waals surface area contributed by atoms with Crippen molar-refractivity contribution in [1.29, 1.82) is 0 Å². The van der Waals surface area contributed by atoms with Crippen LogP contribution in [0.4, 0.5) is 0 Å². The second kappa shape index (κ2) is 3.21. The number of carbonyl (C=O) groups excluding carboxylic acids is 1. The van der Waals surface area contributed by atoms with Crippen LogP contribution in [0.3, 0.4) is 0 Å². The Labute approximate surface area is 69.4 Å². The van der Waals surface area contributed by atoms with Gasteiger partial charge in [0.1, 0.15) is 6.04 Å². The molecule has 0 bridgehead atoms. The zero-order chi connectivity index (χ0) is 9.14. The van der Waals surface area contributed by atoms with E-state index in [1.54, 1.807) is 18.3 Å². The summed E-state index contributed by atoms with van der Waals surface area (Å²) in [5.41, 5.74) is 0.380. The van der Waals surface area contributed by atoms with Crippen molar-refractivity contribution >= 4 is 12.3 Å². The van der Waals surface area contributed by atoms with Gasteiger partial charge in [0, 0.05) is 6.20 Å². The highest BCUT2D eigenvalue weighted by Crippen LogP contribution is 2.09. The number of carboxylic acids is 1. The predicted molar refractivity (Wildman–Crippen MR) is 42.2 cm³/mol. The standard InChI is InChI=1S/C8H9NO3/c1-6(8(11)12)9-4-2-3-7(9)5-10/h2-6H,1H3,(H,11,12). The maximum Gasteiger partial charge on any atom is 0.326 e. The Balaban J connectivity index is 3.01. The van der Waals surface area contributed by atoms with Crippen LogP contribution in [0.15, 0.2) is 18.3 Å². The fourth-order valence-corrected chi connectivity index (χ4v) is 0.978. The highest BCUT2D eigenvalue weighted by atomic mass is 16.4. The van der Waals surface area contributed by atoms with E-state index in [4.69, 9.17) is 5.11 Å². The first-order chi connectivity index (χ1) is 5.66. The fraction of sp³-hybridized carbons (Fsp3) is 0.250. The molecule has 0 saturated carbocycles. The van der Waals surface area contributed by atoms with Crippen molar-refractivity contribution in [3.63, 3.8) is 0 Å². The largest absolute Gasteiger partial charge is 0.480 e. The molecule has 0 radical (unpaired) electrons. The summed E-state index contributed by atoms with van der Waals surface area (Å²) in [5.74, 6) is -0.950. The van der Waals surface area contributed by atoms with Gasteiger partial charge in [-0.1, -0.05) is 0 Å². The maximum atomic E-state index is 10.5. The molecule has 1 N–H and O–H groups in total. The normalized spacial score (nSPS) is 12.4. The van der Waals surface area contributed by atoms with Gasteiger partial charge in [-0.15, -0.1) is 0 Å². The lowest BCUT2D eigenvalue weighted by Crippen LogP contribution is -2.16. The molecule has 1 rings (SSSR count). The van der Waals surface area contributed by atoms with Gasteiger partial charge in [0.05, 0.1) is 5.69 Å². The lowest BCUT2D eigenvalue weighted by Gasteiger charge is -2.09. The molecule has 0 aliphatic carbocycles. The van der Waals surface area contributed by atoms with Crippen molar-refractivity contribution in [3.05, 3.63) is 24.0 Å². The summed E-state index contributed by atoms with van der Waals surface area (Å²) < 4.78 is 1.41. The van der Waals surface area contributed by atoms with Crippen molar-refractivity contribution < 1.29 is 14.7 Å². The van der Waals surface area contributed by atoms with Crippen molar-refractivity contribution in [3.8, 4) is 0 Å². The zero-order valence-electron chi connectivity index (χ0n) is 6.60. The van der Waals surface area contributed by atoms with E-state index in [-0.39, 0.29) is 0 Å². The number of nitrogens with zero attached hydrogens (tertiary/aromatic N) is 1. The molecule has 4 heteroatoms. The van der Waals surface area contributed by atoms with Gasteiger partial charge < -0.3 is 9.67 Å². The highest BCUT2D eigenvalue weighted by Gasteiger charge is 2.14. The van der Waals surface area contributed by atoms with E-state index < -0.39 is 12.0 Å². The third-order valence-corrected chi connectivity index (χ3v) is 1.71. The fourth-order valence-electron chi connectivity index (χ4n) is 0.978. The summed E-state index contributed by atoms with van der Waals surface area (Å²) in [6.07, 6.45) is 2.21. The number of carboxylic acid groups (broad SMARTS) is 1. The van der Waals surface area contributed by atoms with Crippen molar-refractivity contribution in [2.75, 3.05) is 0 Å². The van der Waals surface area contributed by atoms with Crippen molar-refractivity contribution in [1.82, 2.24) is 4.57 Å². The maximum absolute atomic E-state index is 10.5. The first kappa shape index (κ1) is 8.52. The average Bonchev–Trinajstić information content (AvgIpc) is 2.49. The molecule has 64 valence electrons. The molecule has 1 atom stereocenters. The van der Waals surface area contributed by atoms with Gasteiger partial charge in [0.15, 0.2) is 6.29 Å². The van der Waals surface area contributed by atoms with Crippen LogP contribution in [-0.4, -0.2) is 21.9 Å². The van der Waals surface area contributed by atoms with Crippen LogP contribution >= 0.6 is 0 Å². The molecule has 12 heavy (non-hydrogen) atoms. The van der Waals surface area contributed by atoms with Gasteiger partial charge >= 0.3 is 5.97 Å². The van der Waals surface area contributed by atoms with E-state index in [1.165, 1.54) is 11.5 Å². The Morgan fingerprint density at radius 2 is 2.42 bits per heavy atom. The topological polar surface area (TPSA) is 59.3 Å². The third-order valence-electron chi connectivity index (χ3n) is 1.71. The second-order valence-corrected chi connectivity index (χ2v) is 2.47. The highest BCUT2D eigenvalue weighted by molar-refractivity contribution is 5.76. The van der Waals surface area contributed by atoms with E-state index in [0.29, 0.717) is 12.0 Å². The lowest BCUT2D eigenvalue weighted by atomic mass is 10.3. The van der Waals surface area contributed by atoms with Crippen LogP contribution in [0.25, 0.3) is 0 Å². The number of hydrogen-bond acceptors (Lipinski definition) is 2. The van der Waals surface area contributed by atoms with Gasteiger partial charge in [-0.3, -0.25) is 4.79 Å². The number of aromatic nitrogens is 1. The van der Waals surface area contributed by atoms with Crippen molar-refractivity contribution in [2.45, 2.75) is 13.0 Å². The molecule has 0 amide bonds. The van der Waals surface area contributed by atoms with Crippen molar-refractivity contribution in [2.24, 2.45) is 0 Å². The van der Waals surface area contributed by atoms with Crippen LogP contribution in [-0.2, 0) is 4.79 Å². The molecule has 0 aliphatic rings. The summed E-state index contributed by atoms with van der Waals surface area (Å²) in [6, 6.07) is 2.52. The number of hydrogen-bond donors (Lipinski definition) is 1. The summed E-state index contributed by atoms with van der Waals surface area (Å²) in [7, 11) is 0. The summed E-state index contributed by atoms with van der Waals surface area (Å²) >= 11 is 0.